The molecule has 0 heterocycles. The quantitative estimate of drug-likeness (QED) is 0.0246. The molecule has 0 fully saturated rings. The van der Waals surface area contributed by atoms with Crippen molar-refractivity contribution in [1.29, 1.82) is 0 Å². The maximum Gasteiger partial charge on any atom is 1.00 e. The molecule has 4 atom stereocenters. The molecule has 0 saturated carbocycles. The third kappa shape index (κ3) is 102. The summed E-state index contributed by atoms with van der Waals surface area (Å²) in [4.78, 5) is 89.1. The van der Waals surface area contributed by atoms with Crippen LogP contribution in [0.4, 0.5) is 0 Å². The van der Waals surface area contributed by atoms with Gasteiger partial charge in [-0.2, -0.15) is 33.7 Å². The maximum absolute atomic E-state index is 11.6. The standard InChI is InChI=1S/4C22H43NO6S.4Na/c4*1-2-3-4-5-6-7-8-9-10-11-12-13-14-15-16-17-18-23-21(24)19-20(22(25)26)30(27,28)29;;;;/h4*20H,2-19H2,1H3,(H,23,24)(H,25,26)(H,27,28,29);;;;/q;;;;4*+1/p-4. The van der Waals surface area contributed by atoms with Crippen LogP contribution in [-0.2, 0) is 78.8 Å². The van der Waals surface area contributed by atoms with Crippen molar-refractivity contribution in [3.63, 3.8) is 0 Å². The van der Waals surface area contributed by atoms with Crippen molar-refractivity contribution in [3.05, 3.63) is 0 Å². The number of nitrogens with one attached hydrogen (secondary N) is 4. The first-order valence-corrected chi connectivity index (χ1v) is 52.9. The zero-order valence-electron chi connectivity index (χ0n) is 78.8. The number of carboxylic acid groups (broad SMARTS) is 4. The second-order valence-electron chi connectivity index (χ2n) is 32.7. The minimum atomic E-state index is -4.84. The molecule has 0 aliphatic heterocycles. The van der Waals surface area contributed by atoms with Gasteiger partial charge in [0.25, 0.3) is 40.5 Å². The van der Waals surface area contributed by atoms with Crippen molar-refractivity contribution in [2.45, 2.75) is 485 Å². The van der Waals surface area contributed by atoms with Gasteiger partial charge in [0.05, 0.1) is 49.6 Å². The molecule has 0 aromatic rings. The van der Waals surface area contributed by atoms with E-state index >= 15 is 0 Å². The van der Waals surface area contributed by atoms with E-state index in [0.717, 1.165) is 77.0 Å². The van der Waals surface area contributed by atoms with Gasteiger partial charge < -0.3 is 60.9 Å². The van der Waals surface area contributed by atoms with Crippen LogP contribution in [0.5, 0.6) is 0 Å². The van der Waals surface area contributed by atoms with E-state index in [2.05, 4.69) is 49.0 Å². The number of rotatable bonds is 84. The molecule has 36 heteroatoms. The van der Waals surface area contributed by atoms with Crippen LogP contribution < -0.4 is 160 Å². The van der Waals surface area contributed by atoms with E-state index in [4.69, 9.17) is 18.2 Å². The van der Waals surface area contributed by atoms with Crippen molar-refractivity contribution in [3.8, 4) is 0 Å². The Balaban J connectivity index is -0.000000239. The molecule has 0 bridgehead atoms. The summed E-state index contributed by atoms with van der Waals surface area (Å²) >= 11 is 0. The van der Waals surface area contributed by atoms with Gasteiger partial charge >= 0.3 is 118 Å². The minimum absolute atomic E-state index is 0. The number of carbonyl (C=O) groups excluding carboxylic acids is 8. The zero-order chi connectivity index (χ0) is 90.7. The van der Waals surface area contributed by atoms with Crippen LogP contribution in [0.15, 0.2) is 0 Å². The Morgan fingerprint density at radius 1 is 0.194 bits per heavy atom. The van der Waals surface area contributed by atoms with Crippen molar-refractivity contribution in [2.75, 3.05) is 26.2 Å². The SMILES string of the molecule is CCCCCCCCCCCCCCCCCCNC(=O)CC(C(=O)[O-])S(=O)(=O)O.CCCCCCCCCCCCCCCCCCNC(=O)CC(C(=O)[O-])S(=O)(=O)O.CCCCCCCCCCCCCCCCCCNC(=O)CC(C(=O)[O-])S(=O)(=O)O.CCCCCCCCCCCCCCCCCCNC(=O)CC(C(=O)[O-])S(=O)(=O)O.[Na+].[Na+].[Na+].[Na+]. The van der Waals surface area contributed by atoms with Gasteiger partial charge in [0, 0.05) is 26.2 Å². The molecule has 0 saturated heterocycles. The molecule has 0 radical (unpaired) electrons. The van der Waals surface area contributed by atoms with E-state index in [-0.39, 0.29) is 118 Å². The Labute approximate surface area is 840 Å². The number of amides is 4. The summed E-state index contributed by atoms with van der Waals surface area (Å²) in [6.45, 7) is 10.4. The third-order valence-electron chi connectivity index (χ3n) is 21.4. The molecule has 28 nitrogen and oxygen atoms in total. The predicted molar refractivity (Wildman–Crippen MR) is 470 cm³/mol. The van der Waals surface area contributed by atoms with Gasteiger partial charge in [0.2, 0.25) is 23.6 Å². The van der Waals surface area contributed by atoms with Crippen LogP contribution in [0.3, 0.4) is 0 Å². The maximum atomic E-state index is 11.6. The summed E-state index contributed by atoms with van der Waals surface area (Å²) < 4.78 is 122. The molecule has 0 aromatic heterocycles. The Kier molecular flexibility index (Phi) is 110. The average Bonchev–Trinajstić information content (AvgIpc) is 0.885. The molecule has 0 aromatic carbocycles. The van der Waals surface area contributed by atoms with Gasteiger partial charge in [-0.05, 0) is 25.7 Å². The Morgan fingerprint density at radius 2 is 0.282 bits per heavy atom. The Morgan fingerprint density at radius 3 is 0.363 bits per heavy atom. The molecule has 4 unspecified atom stereocenters. The molecule has 712 valence electrons. The van der Waals surface area contributed by atoms with E-state index in [1.54, 1.807) is 0 Å². The molecule has 4 amide bonds. The van der Waals surface area contributed by atoms with E-state index in [0.29, 0.717) is 26.2 Å². The number of hydrogen-bond donors (Lipinski definition) is 8. The second kappa shape index (κ2) is 98.4. The molecular weight excluding hydrogens is 1720 g/mol. The second-order valence-corrected chi connectivity index (χ2v) is 39.1. The Hall–Kier alpha value is -0.600. The fourth-order valence-electron chi connectivity index (χ4n) is 13.8. The molecule has 0 spiro atoms. The summed E-state index contributed by atoms with van der Waals surface area (Å²) in [5.74, 6) is -10.8. The summed E-state index contributed by atoms with van der Waals surface area (Å²) in [5.41, 5.74) is 0. The van der Waals surface area contributed by atoms with E-state index in [1.165, 1.54) is 334 Å². The van der Waals surface area contributed by atoms with Crippen molar-refractivity contribution < 1.29 is 229 Å². The van der Waals surface area contributed by atoms with Crippen molar-refractivity contribution >= 4 is 88.0 Å². The first kappa shape index (κ1) is 139. The average molecular weight is 1890 g/mol. The zero-order valence-corrected chi connectivity index (χ0v) is 90.1. The number of carbonyl (C=O) groups is 8. The van der Waals surface area contributed by atoms with Crippen LogP contribution in [0.2, 0.25) is 0 Å². The van der Waals surface area contributed by atoms with E-state index < -0.39 is 135 Å². The van der Waals surface area contributed by atoms with Crippen LogP contribution >= 0.6 is 0 Å². The topological polar surface area (TPSA) is 494 Å². The number of hydrogen-bond acceptors (Lipinski definition) is 20. The summed E-state index contributed by atoms with van der Waals surface area (Å²) in [7, 11) is -19.4. The van der Waals surface area contributed by atoms with Gasteiger partial charge in [0.1, 0.15) is 21.0 Å². The summed E-state index contributed by atoms with van der Waals surface area (Å²) in [6.07, 6.45) is 76.8. The third-order valence-corrected chi connectivity index (χ3v) is 25.7. The summed E-state index contributed by atoms with van der Waals surface area (Å²) in [6, 6.07) is 0. The molecule has 0 rings (SSSR count). The Bertz CT molecular complexity index is 2620. The van der Waals surface area contributed by atoms with Crippen LogP contribution in [0.1, 0.15) is 464 Å². The van der Waals surface area contributed by atoms with Gasteiger partial charge in [0.15, 0.2) is 0 Å². The van der Waals surface area contributed by atoms with Gasteiger partial charge in [-0.1, -0.05) is 413 Å². The van der Waals surface area contributed by atoms with Crippen LogP contribution in [0, 0.1) is 0 Å². The molecular formula is C88H168N4Na4O24S4. The number of unbranched alkanes of at least 4 members (excludes halogenated alkanes) is 60. The summed E-state index contributed by atoms with van der Waals surface area (Å²) in [5, 5.41) is 43.8. The molecule has 8 N–H and O–H groups in total. The van der Waals surface area contributed by atoms with Crippen molar-refractivity contribution in [2.24, 2.45) is 0 Å². The van der Waals surface area contributed by atoms with Gasteiger partial charge in [-0.25, -0.2) is 0 Å². The van der Waals surface area contributed by atoms with E-state index in [9.17, 15) is 92.5 Å². The van der Waals surface area contributed by atoms with Crippen LogP contribution in [-0.4, -0.2) is 147 Å². The molecule has 0 aliphatic rings. The monoisotopic (exact) mass is 1890 g/mol. The van der Waals surface area contributed by atoms with E-state index in [1.807, 2.05) is 0 Å². The smallest absolute Gasteiger partial charge is 0.549 e. The number of aliphatic carboxylic acids is 4. The van der Waals surface area contributed by atoms with Crippen molar-refractivity contribution in [1.82, 2.24) is 21.3 Å². The minimum Gasteiger partial charge on any atom is -0.549 e. The fraction of sp³-hybridized carbons (Fsp3) is 0.909. The predicted octanol–water partition coefficient (Wildman–Crippen LogP) is 3.06. The largest absolute Gasteiger partial charge is 1.00 e. The van der Waals surface area contributed by atoms with Gasteiger partial charge in [-0.15, -0.1) is 0 Å². The normalized spacial score (nSPS) is 12.2. The number of carboxylic acids is 4. The first-order chi connectivity index (χ1) is 57.1. The molecule has 124 heavy (non-hydrogen) atoms. The van der Waals surface area contributed by atoms with Gasteiger partial charge in [-0.3, -0.25) is 37.4 Å². The first-order valence-electron chi connectivity index (χ1n) is 46.9. The molecule has 0 aliphatic carbocycles. The van der Waals surface area contributed by atoms with Crippen LogP contribution in [0.25, 0.3) is 0 Å². The fourth-order valence-corrected chi connectivity index (χ4v) is 16.2.